The van der Waals surface area contributed by atoms with Gasteiger partial charge < -0.3 is 9.84 Å². The second-order valence-corrected chi connectivity index (χ2v) is 5.75. The zero-order valence-corrected chi connectivity index (χ0v) is 14.7. The van der Waals surface area contributed by atoms with E-state index in [4.69, 9.17) is 4.74 Å². The number of nitrogens with zero attached hydrogens (tertiary/aromatic N) is 2. The van der Waals surface area contributed by atoms with Crippen molar-refractivity contribution in [2.75, 3.05) is 6.61 Å². The first-order chi connectivity index (χ1) is 13.0. The van der Waals surface area contributed by atoms with E-state index in [2.05, 4.69) is 0 Å². The number of hydrogen-bond acceptors (Lipinski definition) is 5. The summed E-state index contributed by atoms with van der Waals surface area (Å²) in [6.07, 6.45) is 0. The first-order valence-corrected chi connectivity index (χ1v) is 8.40. The van der Waals surface area contributed by atoms with Crippen molar-refractivity contribution in [3.05, 3.63) is 92.6 Å². The fourth-order valence-corrected chi connectivity index (χ4v) is 2.74. The average Bonchev–Trinajstić information content (AvgIpc) is 2.67. The van der Waals surface area contributed by atoms with Gasteiger partial charge in [-0.25, -0.2) is 14.2 Å². The van der Waals surface area contributed by atoms with Crippen molar-refractivity contribution < 1.29 is 14.6 Å². The molecule has 0 aliphatic heterocycles. The molecular weight excluding hydrogens is 348 g/mol. The van der Waals surface area contributed by atoms with Gasteiger partial charge in [0.05, 0.1) is 18.8 Å². The molecule has 1 aromatic heterocycles. The molecule has 0 amide bonds. The van der Waals surface area contributed by atoms with Gasteiger partial charge in [0.2, 0.25) is 5.88 Å². The number of hydrogen-bond donors (Lipinski definition) is 1. The number of benzene rings is 2. The average molecular weight is 366 g/mol. The Bertz CT molecular complexity index is 1070. The van der Waals surface area contributed by atoms with E-state index >= 15 is 0 Å². The summed E-state index contributed by atoms with van der Waals surface area (Å²) in [5.41, 5.74) is -1.19. The van der Waals surface area contributed by atoms with Gasteiger partial charge in [-0.05, 0) is 24.6 Å². The second-order valence-electron chi connectivity index (χ2n) is 5.75. The van der Waals surface area contributed by atoms with Gasteiger partial charge in [-0.3, -0.25) is 9.36 Å². The normalized spacial score (nSPS) is 10.6. The molecule has 0 unspecified atom stereocenters. The van der Waals surface area contributed by atoms with E-state index in [0.717, 1.165) is 9.13 Å². The molecule has 7 heteroatoms. The van der Waals surface area contributed by atoms with Crippen molar-refractivity contribution in [3.8, 4) is 11.6 Å². The first-order valence-electron chi connectivity index (χ1n) is 8.40. The van der Waals surface area contributed by atoms with Crippen LogP contribution in [0.4, 0.5) is 0 Å². The van der Waals surface area contributed by atoms with E-state index in [-0.39, 0.29) is 13.2 Å². The van der Waals surface area contributed by atoms with Crippen LogP contribution in [0, 0.1) is 0 Å². The predicted octanol–water partition coefficient (Wildman–Crippen LogP) is 1.93. The Balaban J connectivity index is 2.29. The van der Waals surface area contributed by atoms with Gasteiger partial charge in [0.15, 0.2) is 5.56 Å². The maximum absolute atomic E-state index is 13.0. The first kappa shape index (κ1) is 18.2. The summed E-state index contributed by atoms with van der Waals surface area (Å²) in [6.45, 7) is 1.57. The molecule has 1 heterocycles. The number of rotatable bonds is 5. The van der Waals surface area contributed by atoms with Crippen molar-refractivity contribution in [3.63, 3.8) is 0 Å². The van der Waals surface area contributed by atoms with E-state index in [1.165, 1.54) is 0 Å². The van der Waals surface area contributed by atoms with Crippen molar-refractivity contribution in [1.82, 2.24) is 9.13 Å². The Labute approximate surface area is 154 Å². The van der Waals surface area contributed by atoms with Crippen LogP contribution in [0.15, 0.2) is 70.3 Å². The number of carbonyl (C=O) groups excluding carboxylic acids is 1. The van der Waals surface area contributed by atoms with Crippen molar-refractivity contribution in [2.24, 2.45) is 0 Å². The smallest absolute Gasteiger partial charge is 0.349 e. The lowest BCUT2D eigenvalue weighted by molar-refractivity contribution is 0.0518. The number of para-hydroxylation sites is 1. The molecule has 1 N–H and O–H groups in total. The molecule has 0 aliphatic rings. The molecule has 27 heavy (non-hydrogen) atoms. The molecule has 0 saturated carbocycles. The van der Waals surface area contributed by atoms with Crippen molar-refractivity contribution >= 4 is 5.97 Å². The molecule has 0 bridgehead atoms. The Hall–Kier alpha value is -3.61. The Kier molecular flexibility index (Phi) is 5.21. The van der Waals surface area contributed by atoms with Gasteiger partial charge in [-0.2, -0.15) is 0 Å². The fraction of sp³-hybridized carbons (Fsp3) is 0.150. The summed E-state index contributed by atoms with van der Waals surface area (Å²) in [4.78, 5) is 38.0. The van der Waals surface area contributed by atoms with Crippen LogP contribution in [0.3, 0.4) is 0 Å². The monoisotopic (exact) mass is 366 g/mol. The highest BCUT2D eigenvalue weighted by Gasteiger charge is 2.26. The summed E-state index contributed by atoms with van der Waals surface area (Å²) in [7, 11) is 0. The SMILES string of the molecule is CCOC(=O)c1c(O)n(-c2ccccc2)c(=O)n(Cc2ccccc2)c1=O. The highest BCUT2D eigenvalue weighted by molar-refractivity contribution is 5.91. The largest absolute Gasteiger partial charge is 0.493 e. The summed E-state index contributed by atoms with van der Waals surface area (Å²) < 4.78 is 6.74. The molecule has 0 radical (unpaired) electrons. The second kappa shape index (κ2) is 7.74. The molecule has 0 spiro atoms. The van der Waals surface area contributed by atoms with E-state index in [1.807, 2.05) is 6.07 Å². The third kappa shape index (κ3) is 3.52. The zero-order valence-electron chi connectivity index (χ0n) is 14.7. The molecule has 0 saturated heterocycles. The minimum atomic E-state index is -0.980. The van der Waals surface area contributed by atoms with Gasteiger partial charge in [0.25, 0.3) is 5.56 Å². The molecule has 0 aliphatic carbocycles. The van der Waals surface area contributed by atoms with Crippen LogP contribution in [0.1, 0.15) is 22.8 Å². The third-order valence-electron chi connectivity index (χ3n) is 3.99. The van der Waals surface area contributed by atoms with Crippen LogP contribution in [0.5, 0.6) is 5.88 Å². The topological polar surface area (TPSA) is 90.5 Å². The molecule has 3 aromatic rings. The number of aromatic hydroxyl groups is 1. The van der Waals surface area contributed by atoms with Crippen LogP contribution >= 0.6 is 0 Å². The molecule has 0 fully saturated rings. The minimum Gasteiger partial charge on any atom is -0.493 e. The van der Waals surface area contributed by atoms with Gasteiger partial charge in [-0.1, -0.05) is 48.5 Å². The van der Waals surface area contributed by atoms with E-state index in [0.29, 0.717) is 11.3 Å². The summed E-state index contributed by atoms with van der Waals surface area (Å²) in [6, 6.07) is 17.2. The van der Waals surface area contributed by atoms with Crippen LogP contribution in [-0.4, -0.2) is 26.8 Å². The van der Waals surface area contributed by atoms with E-state index in [1.54, 1.807) is 61.5 Å². The standard InChI is InChI=1S/C20H18N2O5/c1-2-27-19(25)16-17(23)21(13-14-9-5-3-6-10-14)20(26)22(18(16)24)15-11-7-4-8-12-15/h3-12,24H,2,13H2,1H3. The molecular formula is C20H18N2O5. The lowest BCUT2D eigenvalue weighted by atomic mass is 10.2. The third-order valence-corrected chi connectivity index (χ3v) is 3.99. The van der Waals surface area contributed by atoms with E-state index < -0.39 is 28.7 Å². The minimum absolute atomic E-state index is 0.0286. The maximum Gasteiger partial charge on any atom is 0.349 e. The Morgan fingerprint density at radius 3 is 2.19 bits per heavy atom. The lowest BCUT2D eigenvalue weighted by Gasteiger charge is -2.15. The molecule has 0 atom stereocenters. The number of esters is 1. The fourth-order valence-electron chi connectivity index (χ4n) is 2.74. The van der Waals surface area contributed by atoms with Gasteiger partial charge in [-0.15, -0.1) is 0 Å². The Morgan fingerprint density at radius 2 is 1.59 bits per heavy atom. The van der Waals surface area contributed by atoms with E-state index in [9.17, 15) is 19.5 Å². The molecule has 3 rings (SSSR count). The lowest BCUT2D eigenvalue weighted by Crippen LogP contribution is -2.42. The molecule has 7 nitrogen and oxygen atoms in total. The quantitative estimate of drug-likeness (QED) is 0.697. The van der Waals surface area contributed by atoms with Gasteiger partial charge in [0.1, 0.15) is 0 Å². The van der Waals surface area contributed by atoms with Crippen LogP contribution in [-0.2, 0) is 11.3 Å². The van der Waals surface area contributed by atoms with Crippen LogP contribution in [0.25, 0.3) is 5.69 Å². The summed E-state index contributed by atoms with van der Waals surface area (Å²) >= 11 is 0. The van der Waals surface area contributed by atoms with Crippen molar-refractivity contribution in [2.45, 2.75) is 13.5 Å². The highest BCUT2D eigenvalue weighted by Crippen LogP contribution is 2.17. The molecule has 138 valence electrons. The van der Waals surface area contributed by atoms with Gasteiger partial charge >= 0.3 is 11.7 Å². The highest BCUT2D eigenvalue weighted by atomic mass is 16.5. The maximum atomic E-state index is 13.0. The number of ether oxygens (including phenoxy) is 1. The van der Waals surface area contributed by atoms with Crippen molar-refractivity contribution in [1.29, 1.82) is 0 Å². The number of carbonyl (C=O) groups is 1. The summed E-state index contributed by atoms with van der Waals surface area (Å²) in [5, 5.41) is 10.5. The van der Waals surface area contributed by atoms with Crippen LogP contribution in [0.2, 0.25) is 0 Å². The van der Waals surface area contributed by atoms with Gasteiger partial charge in [0, 0.05) is 0 Å². The zero-order chi connectivity index (χ0) is 19.4. The summed E-state index contributed by atoms with van der Waals surface area (Å²) in [5.74, 6) is -1.72. The van der Waals surface area contributed by atoms with Crippen LogP contribution < -0.4 is 11.2 Å². The molecule has 2 aromatic carbocycles. The number of aromatic nitrogens is 2. The Morgan fingerprint density at radius 1 is 1.00 bits per heavy atom. The predicted molar refractivity (Wildman–Crippen MR) is 99.5 cm³/mol.